The van der Waals surface area contributed by atoms with Gasteiger partial charge < -0.3 is 9.64 Å². The minimum absolute atomic E-state index is 0.0311. The predicted octanol–water partition coefficient (Wildman–Crippen LogP) is 3.42. The molecule has 2 saturated heterocycles. The van der Waals surface area contributed by atoms with Gasteiger partial charge in [0.15, 0.2) is 5.60 Å². The normalized spacial score (nSPS) is 23.7. The topological polar surface area (TPSA) is 92.8 Å². The fourth-order valence-corrected chi connectivity index (χ4v) is 6.28. The molecule has 1 N–H and O–H groups in total. The summed E-state index contributed by atoms with van der Waals surface area (Å²) in [6.45, 7) is 4.13. The molecule has 2 atom stereocenters. The van der Waals surface area contributed by atoms with Gasteiger partial charge in [0, 0.05) is 24.6 Å². The molecule has 36 heavy (non-hydrogen) atoms. The molecule has 10 heteroatoms. The first kappa shape index (κ1) is 26.2. The van der Waals surface area contributed by atoms with Crippen molar-refractivity contribution in [3.8, 4) is 11.1 Å². The molecule has 0 spiro atoms. The van der Waals surface area contributed by atoms with E-state index in [1.807, 2.05) is 0 Å². The van der Waals surface area contributed by atoms with E-state index < -0.39 is 51.2 Å². The highest BCUT2D eigenvalue weighted by Gasteiger charge is 2.55. The quantitative estimate of drug-likeness (QED) is 0.565. The van der Waals surface area contributed by atoms with Gasteiger partial charge in [0.1, 0.15) is 11.6 Å². The zero-order valence-electron chi connectivity index (χ0n) is 20.6. The van der Waals surface area contributed by atoms with Gasteiger partial charge in [-0.2, -0.15) is 0 Å². The minimum atomic E-state index is -3.67. The summed E-state index contributed by atoms with van der Waals surface area (Å²) < 4.78 is 62.7. The van der Waals surface area contributed by atoms with Crippen molar-refractivity contribution in [1.82, 2.24) is 9.62 Å². The lowest BCUT2D eigenvalue weighted by Gasteiger charge is -2.59. The summed E-state index contributed by atoms with van der Waals surface area (Å²) in [7, 11) is -3.67. The summed E-state index contributed by atoms with van der Waals surface area (Å²) in [6.07, 6.45) is 2.03. The van der Waals surface area contributed by atoms with Crippen molar-refractivity contribution < 1.29 is 31.5 Å². The van der Waals surface area contributed by atoms with E-state index in [0.717, 1.165) is 18.4 Å². The molecule has 3 aliphatic rings. The molecular formula is C26H30F2N2O5S. The van der Waals surface area contributed by atoms with Crippen LogP contribution in [0.25, 0.3) is 11.1 Å². The van der Waals surface area contributed by atoms with Crippen molar-refractivity contribution in [1.29, 1.82) is 0 Å². The lowest BCUT2D eigenvalue weighted by atomic mass is 9.66. The van der Waals surface area contributed by atoms with Crippen LogP contribution in [0.2, 0.25) is 0 Å². The fourth-order valence-electron chi connectivity index (χ4n) is 5.43. The Hall–Kier alpha value is -2.85. The highest BCUT2D eigenvalue weighted by Crippen LogP contribution is 2.45. The zero-order chi connectivity index (χ0) is 26.4. The van der Waals surface area contributed by atoms with E-state index in [9.17, 15) is 22.4 Å². The first-order chi connectivity index (χ1) is 16.8. The third kappa shape index (κ3) is 5.29. The third-order valence-electron chi connectivity index (χ3n) is 6.95. The van der Waals surface area contributed by atoms with Crippen molar-refractivity contribution in [3.05, 3.63) is 59.7 Å². The van der Waals surface area contributed by atoms with Crippen LogP contribution in [0.3, 0.4) is 0 Å². The average molecular weight is 521 g/mol. The number of hydrogen-bond donors (Lipinski definition) is 1. The summed E-state index contributed by atoms with van der Waals surface area (Å²) in [6, 6.07) is 9.02. The number of nitrogens with zero attached hydrogens (tertiary/aromatic N) is 1. The Bertz CT molecular complexity index is 1280. The number of halogens is 2. The standard InChI is InChI=1S/C26H30F2N2O5S/c1-15(31)35-26(2,3)25(32)30-20-11-18(12-20)24(29-36(4,33)34)22(30)13-17-10-19(27)14-21(23(17)28)16-8-6-5-7-9-16/h5-10,14,18,20,22,24,29H,11-13H2,1-4H3/t18?,20?,22-,24-/m0/s1. The zero-order valence-corrected chi connectivity index (χ0v) is 21.4. The van der Waals surface area contributed by atoms with Crippen LogP contribution in [-0.4, -0.2) is 55.2 Å². The van der Waals surface area contributed by atoms with Crippen LogP contribution in [-0.2, 0) is 30.8 Å². The Morgan fingerprint density at radius 3 is 2.36 bits per heavy atom. The molecule has 2 heterocycles. The summed E-state index contributed by atoms with van der Waals surface area (Å²) in [5, 5.41) is 0. The van der Waals surface area contributed by atoms with Crippen LogP contribution < -0.4 is 4.72 Å². The number of sulfonamides is 1. The molecule has 0 radical (unpaired) electrons. The number of nitrogens with one attached hydrogen (secondary N) is 1. The molecule has 1 amide bonds. The molecule has 0 aromatic heterocycles. The smallest absolute Gasteiger partial charge is 0.303 e. The maximum Gasteiger partial charge on any atom is 0.303 e. The number of piperidine rings is 2. The summed E-state index contributed by atoms with van der Waals surface area (Å²) in [4.78, 5) is 26.8. The van der Waals surface area contributed by atoms with Crippen molar-refractivity contribution in [3.63, 3.8) is 0 Å². The molecule has 2 aromatic rings. The second-order valence-electron chi connectivity index (χ2n) is 10.2. The Morgan fingerprint density at radius 2 is 1.78 bits per heavy atom. The summed E-state index contributed by atoms with van der Waals surface area (Å²) >= 11 is 0. The molecule has 2 aromatic carbocycles. The van der Waals surface area contributed by atoms with Crippen LogP contribution in [0.15, 0.2) is 42.5 Å². The van der Waals surface area contributed by atoms with Crippen LogP contribution in [0, 0.1) is 17.6 Å². The van der Waals surface area contributed by atoms with E-state index in [2.05, 4.69) is 4.72 Å². The molecule has 0 unspecified atom stereocenters. The predicted molar refractivity (Wildman–Crippen MR) is 130 cm³/mol. The molecule has 1 saturated carbocycles. The molecule has 1 aliphatic carbocycles. The molecule has 7 nitrogen and oxygen atoms in total. The van der Waals surface area contributed by atoms with Crippen molar-refractivity contribution in [2.24, 2.45) is 5.92 Å². The highest BCUT2D eigenvalue weighted by molar-refractivity contribution is 7.88. The Morgan fingerprint density at radius 1 is 1.14 bits per heavy atom. The van der Waals surface area contributed by atoms with Gasteiger partial charge in [0.2, 0.25) is 10.0 Å². The molecule has 2 bridgehead atoms. The number of amides is 1. The maximum atomic E-state index is 15.7. The van der Waals surface area contributed by atoms with Gasteiger partial charge in [0.05, 0.1) is 12.3 Å². The van der Waals surface area contributed by atoms with E-state index in [4.69, 9.17) is 4.74 Å². The number of ether oxygens (including phenoxy) is 1. The molecule has 2 aliphatic heterocycles. The van der Waals surface area contributed by atoms with Crippen LogP contribution >= 0.6 is 0 Å². The average Bonchev–Trinajstić information content (AvgIpc) is 2.74. The maximum absolute atomic E-state index is 15.7. The first-order valence-corrected chi connectivity index (χ1v) is 13.7. The van der Waals surface area contributed by atoms with E-state index in [1.165, 1.54) is 25.7 Å². The number of benzene rings is 2. The molecule has 5 rings (SSSR count). The van der Waals surface area contributed by atoms with Gasteiger partial charge >= 0.3 is 5.97 Å². The van der Waals surface area contributed by atoms with E-state index in [-0.39, 0.29) is 29.5 Å². The van der Waals surface area contributed by atoms with Gasteiger partial charge in [-0.1, -0.05) is 30.3 Å². The van der Waals surface area contributed by atoms with Crippen molar-refractivity contribution in [2.45, 2.75) is 63.8 Å². The molecule has 194 valence electrons. The van der Waals surface area contributed by atoms with Crippen LogP contribution in [0.5, 0.6) is 0 Å². The number of hydrogen-bond acceptors (Lipinski definition) is 5. The largest absolute Gasteiger partial charge is 0.450 e. The van der Waals surface area contributed by atoms with E-state index in [0.29, 0.717) is 18.4 Å². The number of rotatable bonds is 7. The van der Waals surface area contributed by atoms with Gasteiger partial charge in [-0.3, -0.25) is 9.59 Å². The lowest BCUT2D eigenvalue weighted by molar-refractivity contribution is -0.179. The van der Waals surface area contributed by atoms with Crippen LogP contribution in [0.4, 0.5) is 8.78 Å². The molecular weight excluding hydrogens is 490 g/mol. The third-order valence-corrected chi connectivity index (χ3v) is 7.65. The Labute approximate surface area is 209 Å². The summed E-state index contributed by atoms with van der Waals surface area (Å²) in [5.74, 6) is -2.47. The van der Waals surface area contributed by atoms with Gasteiger partial charge in [0.25, 0.3) is 5.91 Å². The number of esters is 1. The highest BCUT2D eigenvalue weighted by atomic mass is 32.2. The number of fused-ring (bicyclic) bond motifs is 2. The van der Waals surface area contributed by atoms with Crippen molar-refractivity contribution in [2.75, 3.05) is 6.26 Å². The summed E-state index contributed by atoms with van der Waals surface area (Å²) in [5.41, 5.74) is -0.907. The number of carbonyl (C=O) groups excluding carboxylic acids is 2. The van der Waals surface area contributed by atoms with E-state index in [1.54, 1.807) is 30.3 Å². The monoisotopic (exact) mass is 520 g/mol. The lowest BCUT2D eigenvalue weighted by Crippen LogP contribution is -2.72. The second kappa shape index (κ2) is 9.55. The van der Waals surface area contributed by atoms with Gasteiger partial charge in [-0.15, -0.1) is 0 Å². The van der Waals surface area contributed by atoms with Crippen molar-refractivity contribution >= 4 is 21.9 Å². The Kier molecular flexibility index (Phi) is 6.96. The first-order valence-electron chi connectivity index (χ1n) is 11.8. The van der Waals surface area contributed by atoms with Gasteiger partial charge in [-0.05, 0) is 62.3 Å². The minimum Gasteiger partial charge on any atom is -0.450 e. The van der Waals surface area contributed by atoms with Crippen LogP contribution in [0.1, 0.15) is 39.2 Å². The fraction of sp³-hybridized carbons (Fsp3) is 0.462. The molecule has 3 fully saturated rings. The SMILES string of the molecule is CC(=O)OC(C)(C)C(=O)N1C2CC(C2)[C@H](NS(C)(=O)=O)[C@@H]1Cc1cc(F)cc(-c2ccccc2)c1F. The van der Waals surface area contributed by atoms with E-state index >= 15 is 4.39 Å². The Balaban J connectivity index is 1.77. The number of carbonyl (C=O) groups is 2. The van der Waals surface area contributed by atoms with Gasteiger partial charge in [-0.25, -0.2) is 21.9 Å². The second-order valence-corrected chi connectivity index (χ2v) is 12.0.